The van der Waals surface area contributed by atoms with Crippen LogP contribution in [0.15, 0.2) is 48.5 Å². The predicted octanol–water partition coefficient (Wildman–Crippen LogP) is 4.10. The minimum atomic E-state index is -0.591. The number of hydrogen-bond acceptors (Lipinski definition) is 2. The average molecular weight is 283 g/mol. The quantitative estimate of drug-likeness (QED) is 0.782. The summed E-state index contributed by atoms with van der Waals surface area (Å²) < 4.78 is 8.09. The summed E-state index contributed by atoms with van der Waals surface area (Å²) >= 11 is 0. The minimum Gasteiger partial charge on any atom is -0.389 e. The fraction of sp³-hybridized carbons (Fsp3) is 0.333. The molecule has 0 unspecified atom stereocenters. The molecular formula is C18H21NO2. The third kappa shape index (κ3) is 2.43. The fourth-order valence-electron chi connectivity index (χ4n) is 2.90. The highest BCUT2D eigenvalue weighted by Crippen LogP contribution is 2.33. The Balaban J connectivity index is 2.32. The number of benzene rings is 2. The van der Waals surface area contributed by atoms with Crippen molar-refractivity contribution in [2.75, 3.05) is 0 Å². The monoisotopic (exact) mass is 283 g/mol. The Morgan fingerprint density at radius 3 is 1.76 bits per heavy atom. The molecule has 0 radical (unpaired) electrons. The number of nitrogens with zero attached hydrogens (tertiary/aromatic N) is 1. The Labute approximate surface area is 124 Å². The van der Waals surface area contributed by atoms with Gasteiger partial charge >= 0.3 is 0 Å². The summed E-state index contributed by atoms with van der Waals surface area (Å²) in [6, 6.07) is 16.5. The van der Waals surface area contributed by atoms with Crippen LogP contribution in [0.4, 0.5) is 0 Å². The second-order valence-electron chi connectivity index (χ2n) is 5.72. The standard InChI is InChI=1S/C18H21NO2/c1-12(2)21-18(13(3)20)19-16-10-6-4-8-14(16)15-9-5-7-11-17(15)19/h4-13,18,20H,1-3H3/t13-,18+/m0/s1. The third-order valence-corrected chi connectivity index (χ3v) is 3.70. The van der Waals surface area contributed by atoms with Gasteiger partial charge in [-0.1, -0.05) is 36.4 Å². The second kappa shape index (κ2) is 5.51. The normalized spacial score (nSPS) is 14.9. The SMILES string of the molecule is CC(C)O[C@H]([C@H](C)O)n1c2ccccc2c2ccccc21. The molecule has 2 atom stereocenters. The molecular weight excluding hydrogens is 262 g/mol. The van der Waals surface area contributed by atoms with Crippen molar-refractivity contribution in [1.29, 1.82) is 0 Å². The van der Waals surface area contributed by atoms with Crippen LogP contribution in [0, 0.1) is 0 Å². The van der Waals surface area contributed by atoms with Crippen molar-refractivity contribution in [3.8, 4) is 0 Å². The number of ether oxygens (including phenoxy) is 1. The van der Waals surface area contributed by atoms with E-state index in [0.717, 1.165) is 11.0 Å². The Bertz CT molecular complexity index is 705. The summed E-state index contributed by atoms with van der Waals surface area (Å²) in [6.07, 6.45) is -0.939. The largest absolute Gasteiger partial charge is 0.389 e. The summed E-state index contributed by atoms with van der Waals surface area (Å²) in [5, 5.41) is 12.6. The molecule has 21 heavy (non-hydrogen) atoms. The Hall–Kier alpha value is -1.84. The summed E-state index contributed by atoms with van der Waals surface area (Å²) in [5.74, 6) is 0. The van der Waals surface area contributed by atoms with Crippen molar-refractivity contribution in [2.24, 2.45) is 0 Å². The average Bonchev–Trinajstić information content (AvgIpc) is 2.79. The number of para-hydroxylation sites is 2. The van der Waals surface area contributed by atoms with E-state index in [9.17, 15) is 5.11 Å². The van der Waals surface area contributed by atoms with E-state index in [4.69, 9.17) is 4.74 Å². The van der Waals surface area contributed by atoms with E-state index in [0.29, 0.717) is 0 Å². The Morgan fingerprint density at radius 2 is 1.33 bits per heavy atom. The smallest absolute Gasteiger partial charge is 0.160 e. The Kier molecular flexibility index (Phi) is 3.70. The maximum Gasteiger partial charge on any atom is 0.160 e. The lowest BCUT2D eigenvalue weighted by Gasteiger charge is -2.26. The molecule has 3 nitrogen and oxygen atoms in total. The first kappa shape index (κ1) is 14.1. The molecule has 0 saturated heterocycles. The van der Waals surface area contributed by atoms with Crippen molar-refractivity contribution in [1.82, 2.24) is 4.57 Å². The maximum atomic E-state index is 10.2. The van der Waals surface area contributed by atoms with E-state index in [1.54, 1.807) is 6.92 Å². The van der Waals surface area contributed by atoms with E-state index >= 15 is 0 Å². The van der Waals surface area contributed by atoms with Crippen molar-refractivity contribution >= 4 is 21.8 Å². The first-order valence-corrected chi connectivity index (χ1v) is 7.41. The molecule has 0 aliphatic rings. The second-order valence-corrected chi connectivity index (χ2v) is 5.72. The van der Waals surface area contributed by atoms with Gasteiger partial charge in [-0.15, -0.1) is 0 Å². The van der Waals surface area contributed by atoms with Gasteiger partial charge in [-0.2, -0.15) is 0 Å². The van der Waals surface area contributed by atoms with Crippen LogP contribution >= 0.6 is 0 Å². The molecule has 110 valence electrons. The van der Waals surface area contributed by atoms with E-state index in [1.807, 2.05) is 38.1 Å². The van der Waals surface area contributed by atoms with Crippen molar-refractivity contribution in [3.63, 3.8) is 0 Å². The molecule has 0 spiro atoms. The molecule has 2 aromatic carbocycles. The van der Waals surface area contributed by atoms with Crippen LogP contribution in [0.2, 0.25) is 0 Å². The molecule has 0 bridgehead atoms. The fourth-order valence-corrected chi connectivity index (χ4v) is 2.90. The number of rotatable bonds is 4. The lowest BCUT2D eigenvalue weighted by Crippen LogP contribution is -2.26. The molecule has 0 aliphatic heterocycles. The highest BCUT2D eigenvalue weighted by molar-refractivity contribution is 6.08. The molecule has 3 aromatic rings. The molecule has 0 aliphatic carbocycles. The van der Waals surface area contributed by atoms with Crippen molar-refractivity contribution in [2.45, 2.75) is 39.2 Å². The van der Waals surface area contributed by atoms with Crippen LogP contribution in [0.5, 0.6) is 0 Å². The topological polar surface area (TPSA) is 34.4 Å². The predicted molar refractivity (Wildman–Crippen MR) is 86.4 cm³/mol. The third-order valence-electron chi connectivity index (χ3n) is 3.70. The van der Waals surface area contributed by atoms with Crippen molar-refractivity contribution in [3.05, 3.63) is 48.5 Å². The van der Waals surface area contributed by atoms with Gasteiger partial charge in [0.05, 0.1) is 23.2 Å². The van der Waals surface area contributed by atoms with Crippen LogP contribution in [-0.2, 0) is 4.74 Å². The van der Waals surface area contributed by atoms with Gasteiger partial charge in [0.15, 0.2) is 6.23 Å². The van der Waals surface area contributed by atoms with Gasteiger partial charge in [0.25, 0.3) is 0 Å². The number of hydrogen-bond donors (Lipinski definition) is 1. The molecule has 0 amide bonds. The van der Waals surface area contributed by atoms with Crippen LogP contribution in [0.3, 0.4) is 0 Å². The molecule has 3 rings (SSSR count). The lowest BCUT2D eigenvalue weighted by molar-refractivity contribution is -0.0962. The zero-order chi connectivity index (χ0) is 15.0. The van der Waals surface area contributed by atoms with Crippen LogP contribution in [-0.4, -0.2) is 21.9 Å². The van der Waals surface area contributed by atoms with Gasteiger partial charge in [-0.25, -0.2) is 0 Å². The zero-order valence-electron chi connectivity index (χ0n) is 12.7. The van der Waals surface area contributed by atoms with Gasteiger partial charge in [-0.3, -0.25) is 0 Å². The Morgan fingerprint density at radius 1 is 0.857 bits per heavy atom. The molecule has 0 fully saturated rings. The van der Waals surface area contributed by atoms with E-state index in [1.165, 1.54) is 10.8 Å². The van der Waals surface area contributed by atoms with Gasteiger partial charge in [0.1, 0.15) is 0 Å². The van der Waals surface area contributed by atoms with Crippen molar-refractivity contribution < 1.29 is 9.84 Å². The summed E-state index contributed by atoms with van der Waals surface area (Å²) in [6.45, 7) is 5.75. The van der Waals surface area contributed by atoms with Crippen LogP contribution in [0.25, 0.3) is 21.8 Å². The first-order valence-electron chi connectivity index (χ1n) is 7.41. The highest BCUT2D eigenvalue weighted by atomic mass is 16.5. The molecule has 0 saturated carbocycles. The molecule has 3 heteroatoms. The molecule has 1 N–H and O–H groups in total. The molecule has 1 aromatic heterocycles. The zero-order valence-corrected chi connectivity index (χ0v) is 12.7. The lowest BCUT2D eigenvalue weighted by atomic mass is 10.2. The van der Waals surface area contributed by atoms with Gasteiger partial charge in [-0.05, 0) is 32.9 Å². The van der Waals surface area contributed by atoms with Crippen LogP contribution < -0.4 is 0 Å². The summed E-state index contributed by atoms with van der Waals surface area (Å²) in [4.78, 5) is 0. The van der Waals surface area contributed by atoms with E-state index in [2.05, 4.69) is 28.8 Å². The number of fused-ring (bicyclic) bond motifs is 3. The van der Waals surface area contributed by atoms with Gasteiger partial charge in [0.2, 0.25) is 0 Å². The van der Waals surface area contributed by atoms with Gasteiger partial charge in [0, 0.05) is 10.8 Å². The van der Waals surface area contributed by atoms with Gasteiger partial charge < -0.3 is 14.4 Å². The van der Waals surface area contributed by atoms with E-state index in [-0.39, 0.29) is 6.10 Å². The number of aliphatic hydroxyl groups is 1. The maximum absolute atomic E-state index is 10.2. The highest BCUT2D eigenvalue weighted by Gasteiger charge is 2.23. The number of aromatic nitrogens is 1. The van der Waals surface area contributed by atoms with Crippen LogP contribution in [0.1, 0.15) is 27.0 Å². The summed E-state index contributed by atoms with van der Waals surface area (Å²) in [5.41, 5.74) is 2.18. The first-order chi connectivity index (χ1) is 10.1. The van der Waals surface area contributed by atoms with E-state index < -0.39 is 12.3 Å². The minimum absolute atomic E-state index is 0.0459. The number of aliphatic hydroxyl groups excluding tert-OH is 1. The summed E-state index contributed by atoms with van der Waals surface area (Å²) in [7, 11) is 0. The molecule has 1 heterocycles.